The molecule has 0 spiro atoms. The molecule has 1 aliphatic heterocycles. The lowest BCUT2D eigenvalue weighted by Crippen LogP contribution is -2.43. The summed E-state index contributed by atoms with van der Waals surface area (Å²) >= 11 is 0. The number of hydrogen-bond acceptors (Lipinski definition) is 3. The SMILES string of the molecule is CCCOCCN1CCC(CN)C(C)C1. The van der Waals surface area contributed by atoms with E-state index in [-0.39, 0.29) is 0 Å². The molecule has 3 nitrogen and oxygen atoms in total. The minimum Gasteiger partial charge on any atom is -0.380 e. The minimum absolute atomic E-state index is 0.734. The molecule has 0 aromatic rings. The number of likely N-dealkylation sites (tertiary alicyclic amines) is 1. The zero-order valence-electron chi connectivity index (χ0n) is 10.2. The Morgan fingerprint density at radius 1 is 1.40 bits per heavy atom. The molecule has 0 saturated carbocycles. The number of ether oxygens (including phenoxy) is 1. The Balaban J connectivity index is 2.11. The Labute approximate surface area is 94.0 Å². The minimum atomic E-state index is 0.734. The normalized spacial score (nSPS) is 28.2. The molecule has 0 radical (unpaired) electrons. The van der Waals surface area contributed by atoms with E-state index in [4.69, 9.17) is 10.5 Å². The van der Waals surface area contributed by atoms with Gasteiger partial charge in [0.2, 0.25) is 0 Å². The van der Waals surface area contributed by atoms with Crippen LogP contribution in [0.25, 0.3) is 0 Å². The average molecular weight is 214 g/mol. The second kappa shape index (κ2) is 7.20. The largest absolute Gasteiger partial charge is 0.380 e. The van der Waals surface area contributed by atoms with Gasteiger partial charge in [0.1, 0.15) is 0 Å². The molecule has 0 aromatic carbocycles. The van der Waals surface area contributed by atoms with E-state index in [2.05, 4.69) is 18.7 Å². The van der Waals surface area contributed by atoms with Gasteiger partial charge in [-0.05, 0) is 37.8 Å². The first-order valence-electron chi connectivity index (χ1n) is 6.28. The molecule has 1 aliphatic rings. The highest BCUT2D eigenvalue weighted by atomic mass is 16.5. The van der Waals surface area contributed by atoms with Crippen LogP contribution in [0, 0.1) is 11.8 Å². The average Bonchev–Trinajstić information content (AvgIpc) is 2.25. The van der Waals surface area contributed by atoms with Gasteiger partial charge in [-0.3, -0.25) is 0 Å². The predicted molar refractivity (Wildman–Crippen MR) is 63.9 cm³/mol. The van der Waals surface area contributed by atoms with Crippen LogP contribution in [0.5, 0.6) is 0 Å². The van der Waals surface area contributed by atoms with E-state index in [0.29, 0.717) is 0 Å². The summed E-state index contributed by atoms with van der Waals surface area (Å²) in [6.07, 6.45) is 2.37. The fourth-order valence-corrected chi connectivity index (χ4v) is 2.27. The molecule has 1 fully saturated rings. The Morgan fingerprint density at radius 3 is 2.80 bits per heavy atom. The standard InChI is InChI=1S/C12H26N2O/c1-3-7-15-8-6-14-5-4-12(9-13)11(2)10-14/h11-12H,3-10,13H2,1-2H3. The summed E-state index contributed by atoms with van der Waals surface area (Å²) in [4.78, 5) is 2.51. The molecule has 0 amide bonds. The van der Waals surface area contributed by atoms with Crippen molar-refractivity contribution in [3.63, 3.8) is 0 Å². The maximum Gasteiger partial charge on any atom is 0.0593 e. The maximum absolute atomic E-state index is 5.74. The zero-order valence-corrected chi connectivity index (χ0v) is 10.2. The molecule has 3 heteroatoms. The van der Waals surface area contributed by atoms with E-state index in [1.54, 1.807) is 0 Å². The van der Waals surface area contributed by atoms with Crippen LogP contribution in [0.15, 0.2) is 0 Å². The quantitative estimate of drug-likeness (QED) is 0.678. The maximum atomic E-state index is 5.74. The summed E-state index contributed by atoms with van der Waals surface area (Å²) in [5, 5.41) is 0. The summed E-state index contributed by atoms with van der Waals surface area (Å²) in [6.45, 7) is 10.6. The topological polar surface area (TPSA) is 38.5 Å². The fourth-order valence-electron chi connectivity index (χ4n) is 2.27. The molecule has 1 heterocycles. The highest BCUT2D eigenvalue weighted by molar-refractivity contribution is 4.78. The molecule has 0 bridgehead atoms. The van der Waals surface area contributed by atoms with E-state index >= 15 is 0 Å². The van der Waals surface area contributed by atoms with Crippen molar-refractivity contribution in [3.05, 3.63) is 0 Å². The summed E-state index contributed by atoms with van der Waals surface area (Å²) in [6, 6.07) is 0. The Morgan fingerprint density at radius 2 is 2.20 bits per heavy atom. The van der Waals surface area contributed by atoms with Gasteiger partial charge < -0.3 is 15.4 Å². The number of nitrogens with zero attached hydrogens (tertiary/aromatic N) is 1. The Bertz CT molecular complexity index is 164. The molecule has 1 saturated heterocycles. The van der Waals surface area contributed by atoms with Gasteiger partial charge in [0.15, 0.2) is 0 Å². The van der Waals surface area contributed by atoms with E-state index in [1.807, 2.05) is 0 Å². The van der Waals surface area contributed by atoms with Gasteiger partial charge in [-0.1, -0.05) is 13.8 Å². The number of hydrogen-bond donors (Lipinski definition) is 1. The van der Waals surface area contributed by atoms with Gasteiger partial charge in [0, 0.05) is 19.7 Å². The first-order valence-corrected chi connectivity index (χ1v) is 6.28. The van der Waals surface area contributed by atoms with Crippen molar-refractivity contribution < 1.29 is 4.74 Å². The van der Waals surface area contributed by atoms with Crippen molar-refractivity contribution in [2.75, 3.05) is 39.4 Å². The molecule has 2 atom stereocenters. The Kier molecular flexibility index (Phi) is 6.22. The van der Waals surface area contributed by atoms with Gasteiger partial charge >= 0.3 is 0 Å². The third kappa shape index (κ3) is 4.49. The lowest BCUT2D eigenvalue weighted by atomic mass is 9.87. The van der Waals surface area contributed by atoms with E-state index < -0.39 is 0 Å². The summed E-state index contributed by atoms with van der Waals surface area (Å²) in [5.74, 6) is 1.48. The number of piperidine rings is 1. The van der Waals surface area contributed by atoms with Crippen molar-refractivity contribution in [2.45, 2.75) is 26.7 Å². The van der Waals surface area contributed by atoms with Crippen molar-refractivity contribution in [1.82, 2.24) is 4.90 Å². The molecule has 1 rings (SSSR count). The summed E-state index contributed by atoms with van der Waals surface area (Å²) in [5.41, 5.74) is 5.74. The van der Waals surface area contributed by atoms with Gasteiger partial charge in [-0.25, -0.2) is 0 Å². The number of nitrogens with two attached hydrogens (primary N) is 1. The second-order valence-corrected chi connectivity index (χ2v) is 4.67. The molecule has 0 aliphatic carbocycles. The first-order chi connectivity index (χ1) is 7.27. The third-order valence-electron chi connectivity index (χ3n) is 3.37. The van der Waals surface area contributed by atoms with Crippen LogP contribution < -0.4 is 5.73 Å². The molecule has 15 heavy (non-hydrogen) atoms. The number of rotatable bonds is 6. The highest BCUT2D eigenvalue weighted by Gasteiger charge is 2.24. The van der Waals surface area contributed by atoms with E-state index in [9.17, 15) is 0 Å². The molecule has 2 N–H and O–H groups in total. The highest BCUT2D eigenvalue weighted by Crippen LogP contribution is 2.21. The smallest absolute Gasteiger partial charge is 0.0593 e. The van der Waals surface area contributed by atoms with E-state index in [0.717, 1.165) is 44.6 Å². The van der Waals surface area contributed by atoms with Crippen molar-refractivity contribution >= 4 is 0 Å². The van der Waals surface area contributed by atoms with E-state index in [1.165, 1.54) is 19.5 Å². The second-order valence-electron chi connectivity index (χ2n) is 4.67. The lowest BCUT2D eigenvalue weighted by molar-refractivity contribution is 0.0726. The Hall–Kier alpha value is -0.120. The van der Waals surface area contributed by atoms with Gasteiger partial charge in [-0.15, -0.1) is 0 Å². The van der Waals surface area contributed by atoms with Crippen LogP contribution in [0.2, 0.25) is 0 Å². The van der Waals surface area contributed by atoms with Crippen LogP contribution in [0.1, 0.15) is 26.7 Å². The van der Waals surface area contributed by atoms with Crippen LogP contribution in [-0.4, -0.2) is 44.3 Å². The molecule has 90 valence electrons. The van der Waals surface area contributed by atoms with Crippen molar-refractivity contribution in [2.24, 2.45) is 17.6 Å². The zero-order chi connectivity index (χ0) is 11.1. The van der Waals surface area contributed by atoms with Gasteiger partial charge in [-0.2, -0.15) is 0 Å². The van der Waals surface area contributed by atoms with Gasteiger partial charge in [0.25, 0.3) is 0 Å². The van der Waals surface area contributed by atoms with Crippen LogP contribution in [0.4, 0.5) is 0 Å². The molecule has 2 unspecified atom stereocenters. The summed E-state index contributed by atoms with van der Waals surface area (Å²) in [7, 11) is 0. The third-order valence-corrected chi connectivity index (χ3v) is 3.37. The van der Waals surface area contributed by atoms with Crippen molar-refractivity contribution in [3.8, 4) is 0 Å². The molecular weight excluding hydrogens is 188 g/mol. The first kappa shape index (κ1) is 12.9. The monoisotopic (exact) mass is 214 g/mol. The predicted octanol–water partition coefficient (Wildman–Crippen LogP) is 1.33. The fraction of sp³-hybridized carbons (Fsp3) is 1.00. The van der Waals surface area contributed by atoms with Crippen LogP contribution in [-0.2, 0) is 4.74 Å². The van der Waals surface area contributed by atoms with Crippen LogP contribution in [0.3, 0.4) is 0 Å². The van der Waals surface area contributed by atoms with Crippen LogP contribution >= 0.6 is 0 Å². The lowest BCUT2D eigenvalue weighted by Gasteiger charge is -2.36. The van der Waals surface area contributed by atoms with Gasteiger partial charge in [0.05, 0.1) is 6.61 Å². The van der Waals surface area contributed by atoms with Crippen molar-refractivity contribution in [1.29, 1.82) is 0 Å². The summed E-state index contributed by atoms with van der Waals surface area (Å²) < 4.78 is 5.51. The molecular formula is C12H26N2O. The molecule has 0 aromatic heterocycles.